The van der Waals surface area contributed by atoms with Gasteiger partial charge in [0.05, 0.1) is 12.7 Å². The van der Waals surface area contributed by atoms with Crippen LogP contribution in [0.2, 0.25) is 0 Å². The van der Waals surface area contributed by atoms with Crippen molar-refractivity contribution >= 4 is 11.8 Å². The van der Waals surface area contributed by atoms with Crippen LogP contribution in [0.3, 0.4) is 0 Å². The first kappa shape index (κ1) is 12.8. The Labute approximate surface area is 110 Å². The fourth-order valence-corrected chi connectivity index (χ4v) is 1.67. The standard InChI is InChI=1S/C15H12O4/c1-19-13-8-6-11(7-9-13)14(16)10-2-4-12(5-3-10)15(17)18/h2-9H,1H3,(H,17,18). The first-order valence-electron chi connectivity index (χ1n) is 5.64. The Balaban J connectivity index is 2.25. The van der Waals surface area contributed by atoms with Crippen LogP contribution in [0.1, 0.15) is 26.3 Å². The van der Waals surface area contributed by atoms with Crippen LogP contribution in [0.5, 0.6) is 5.75 Å². The van der Waals surface area contributed by atoms with Crippen LogP contribution in [0.25, 0.3) is 0 Å². The molecule has 4 heteroatoms. The summed E-state index contributed by atoms with van der Waals surface area (Å²) in [6.07, 6.45) is 0. The molecule has 0 atom stereocenters. The van der Waals surface area contributed by atoms with Gasteiger partial charge in [0, 0.05) is 11.1 Å². The summed E-state index contributed by atoms with van der Waals surface area (Å²) in [5.41, 5.74) is 1.14. The van der Waals surface area contributed by atoms with Gasteiger partial charge in [0.1, 0.15) is 5.75 Å². The summed E-state index contributed by atoms with van der Waals surface area (Å²) < 4.78 is 5.02. The molecular formula is C15H12O4. The lowest BCUT2D eigenvalue weighted by Crippen LogP contribution is -2.02. The smallest absolute Gasteiger partial charge is 0.335 e. The van der Waals surface area contributed by atoms with E-state index in [-0.39, 0.29) is 11.3 Å². The SMILES string of the molecule is COc1ccc(C(=O)c2ccc(C(=O)O)cc2)cc1. The van der Waals surface area contributed by atoms with Crippen LogP contribution in [0.15, 0.2) is 48.5 Å². The van der Waals surface area contributed by atoms with Crippen LogP contribution < -0.4 is 4.74 Å². The Morgan fingerprint density at radius 1 is 0.842 bits per heavy atom. The van der Waals surface area contributed by atoms with Gasteiger partial charge in [-0.15, -0.1) is 0 Å². The number of carbonyl (C=O) groups is 2. The van der Waals surface area contributed by atoms with Crippen molar-refractivity contribution in [1.82, 2.24) is 0 Å². The number of aromatic carboxylic acids is 1. The first-order valence-corrected chi connectivity index (χ1v) is 5.64. The monoisotopic (exact) mass is 256 g/mol. The van der Waals surface area contributed by atoms with Crippen molar-refractivity contribution < 1.29 is 19.4 Å². The van der Waals surface area contributed by atoms with Gasteiger partial charge in [-0.1, -0.05) is 12.1 Å². The fraction of sp³-hybridized carbons (Fsp3) is 0.0667. The van der Waals surface area contributed by atoms with E-state index in [1.54, 1.807) is 31.4 Å². The maximum absolute atomic E-state index is 12.1. The molecule has 0 aliphatic heterocycles. The largest absolute Gasteiger partial charge is 0.497 e. The van der Waals surface area contributed by atoms with E-state index < -0.39 is 5.97 Å². The number of rotatable bonds is 4. The third kappa shape index (κ3) is 2.80. The molecular weight excluding hydrogens is 244 g/mol. The van der Waals surface area contributed by atoms with Crippen molar-refractivity contribution in [3.05, 3.63) is 65.2 Å². The highest BCUT2D eigenvalue weighted by molar-refractivity contribution is 6.09. The lowest BCUT2D eigenvalue weighted by Gasteiger charge is -2.03. The molecule has 0 saturated heterocycles. The molecule has 0 aromatic heterocycles. The lowest BCUT2D eigenvalue weighted by molar-refractivity contribution is 0.0696. The van der Waals surface area contributed by atoms with Gasteiger partial charge >= 0.3 is 5.97 Å². The first-order chi connectivity index (χ1) is 9.11. The maximum Gasteiger partial charge on any atom is 0.335 e. The van der Waals surface area contributed by atoms with Gasteiger partial charge < -0.3 is 9.84 Å². The molecule has 0 amide bonds. The second-order valence-electron chi connectivity index (χ2n) is 3.94. The third-order valence-corrected chi connectivity index (χ3v) is 2.75. The van der Waals surface area contributed by atoms with Crippen molar-refractivity contribution in [2.75, 3.05) is 7.11 Å². The molecule has 0 radical (unpaired) electrons. The zero-order chi connectivity index (χ0) is 13.8. The molecule has 2 aromatic carbocycles. The molecule has 0 aliphatic rings. The minimum Gasteiger partial charge on any atom is -0.497 e. The highest BCUT2D eigenvalue weighted by Crippen LogP contribution is 2.15. The zero-order valence-corrected chi connectivity index (χ0v) is 10.3. The van der Waals surface area contributed by atoms with Crippen LogP contribution >= 0.6 is 0 Å². The molecule has 0 fully saturated rings. The summed E-state index contributed by atoms with van der Waals surface area (Å²) in [6.45, 7) is 0. The number of methoxy groups -OCH3 is 1. The molecule has 4 nitrogen and oxygen atoms in total. The molecule has 0 spiro atoms. The fourth-order valence-electron chi connectivity index (χ4n) is 1.67. The molecule has 0 saturated carbocycles. The van der Waals surface area contributed by atoms with Crippen molar-refractivity contribution in [3.8, 4) is 5.75 Å². The van der Waals surface area contributed by atoms with Gasteiger partial charge in [-0.05, 0) is 36.4 Å². The Bertz CT molecular complexity index is 597. The van der Waals surface area contributed by atoms with Gasteiger partial charge in [0.2, 0.25) is 0 Å². The molecule has 0 aliphatic carbocycles. The summed E-state index contributed by atoms with van der Waals surface area (Å²) in [7, 11) is 1.56. The molecule has 2 aromatic rings. The molecule has 0 heterocycles. The number of hydrogen-bond donors (Lipinski definition) is 1. The van der Waals surface area contributed by atoms with Crippen LogP contribution in [-0.4, -0.2) is 24.0 Å². The number of carboxylic acid groups (broad SMARTS) is 1. The van der Waals surface area contributed by atoms with Crippen molar-refractivity contribution in [1.29, 1.82) is 0 Å². The van der Waals surface area contributed by atoms with E-state index in [0.29, 0.717) is 16.9 Å². The number of ketones is 1. The minimum absolute atomic E-state index is 0.153. The van der Waals surface area contributed by atoms with Crippen molar-refractivity contribution in [3.63, 3.8) is 0 Å². The van der Waals surface area contributed by atoms with Gasteiger partial charge in [0.15, 0.2) is 5.78 Å². The Kier molecular flexibility index (Phi) is 3.61. The molecule has 2 rings (SSSR count). The molecule has 0 unspecified atom stereocenters. The van der Waals surface area contributed by atoms with E-state index in [1.807, 2.05) is 0 Å². The lowest BCUT2D eigenvalue weighted by atomic mass is 10.0. The van der Waals surface area contributed by atoms with E-state index in [2.05, 4.69) is 0 Å². The van der Waals surface area contributed by atoms with E-state index in [4.69, 9.17) is 9.84 Å². The number of hydrogen-bond acceptors (Lipinski definition) is 3. The van der Waals surface area contributed by atoms with Gasteiger partial charge in [0.25, 0.3) is 0 Å². The summed E-state index contributed by atoms with van der Waals surface area (Å²) >= 11 is 0. The number of ether oxygens (including phenoxy) is 1. The van der Waals surface area contributed by atoms with Crippen LogP contribution in [0.4, 0.5) is 0 Å². The molecule has 19 heavy (non-hydrogen) atoms. The summed E-state index contributed by atoms with van der Waals surface area (Å²) in [6, 6.07) is 12.6. The Morgan fingerprint density at radius 2 is 1.26 bits per heavy atom. The van der Waals surface area contributed by atoms with Crippen LogP contribution in [-0.2, 0) is 0 Å². The molecule has 96 valence electrons. The summed E-state index contributed by atoms with van der Waals surface area (Å²) in [5, 5.41) is 8.79. The second-order valence-corrected chi connectivity index (χ2v) is 3.94. The van der Waals surface area contributed by atoms with Gasteiger partial charge in [-0.25, -0.2) is 4.79 Å². The Morgan fingerprint density at radius 3 is 1.68 bits per heavy atom. The zero-order valence-electron chi connectivity index (χ0n) is 10.3. The van der Waals surface area contributed by atoms with E-state index in [9.17, 15) is 9.59 Å². The topological polar surface area (TPSA) is 63.6 Å². The number of benzene rings is 2. The summed E-state index contributed by atoms with van der Waals surface area (Å²) in [4.78, 5) is 22.9. The van der Waals surface area contributed by atoms with Crippen LogP contribution in [0, 0.1) is 0 Å². The Hall–Kier alpha value is -2.62. The van der Waals surface area contributed by atoms with E-state index in [0.717, 1.165) is 0 Å². The van der Waals surface area contributed by atoms with E-state index in [1.165, 1.54) is 24.3 Å². The minimum atomic E-state index is -1.01. The average molecular weight is 256 g/mol. The molecule has 0 bridgehead atoms. The number of carboxylic acids is 1. The normalized spacial score (nSPS) is 9.95. The average Bonchev–Trinajstić information content (AvgIpc) is 2.46. The predicted molar refractivity (Wildman–Crippen MR) is 69.8 cm³/mol. The van der Waals surface area contributed by atoms with Crippen molar-refractivity contribution in [2.24, 2.45) is 0 Å². The van der Waals surface area contributed by atoms with E-state index >= 15 is 0 Å². The highest BCUT2D eigenvalue weighted by Gasteiger charge is 2.10. The van der Waals surface area contributed by atoms with Gasteiger partial charge in [-0.2, -0.15) is 0 Å². The highest BCUT2D eigenvalue weighted by atomic mass is 16.5. The van der Waals surface area contributed by atoms with Crippen molar-refractivity contribution in [2.45, 2.75) is 0 Å². The predicted octanol–water partition coefficient (Wildman–Crippen LogP) is 2.62. The third-order valence-electron chi connectivity index (χ3n) is 2.75. The maximum atomic E-state index is 12.1. The van der Waals surface area contributed by atoms with Gasteiger partial charge in [-0.3, -0.25) is 4.79 Å². The summed E-state index contributed by atoms with van der Waals surface area (Å²) in [5.74, 6) is -0.485. The molecule has 1 N–H and O–H groups in total. The second kappa shape index (κ2) is 5.35. The number of carbonyl (C=O) groups excluding carboxylic acids is 1. The quantitative estimate of drug-likeness (QED) is 0.854.